The highest BCUT2D eigenvalue weighted by Crippen LogP contribution is 2.30. The molecule has 2 aromatic carbocycles. The van der Waals surface area contributed by atoms with Crippen LogP contribution in [0, 0.1) is 18.6 Å². The summed E-state index contributed by atoms with van der Waals surface area (Å²) in [7, 11) is 1.60. The van der Waals surface area contributed by atoms with Gasteiger partial charge in [0.15, 0.2) is 17.3 Å². The zero-order chi connectivity index (χ0) is 22.2. The molecule has 5 aromatic rings. The van der Waals surface area contributed by atoms with Gasteiger partial charge in [-0.1, -0.05) is 6.07 Å². The number of imidazole rings is 1. The number of hydrogen-bond donors (Lipinski definition) is 1. The van der Waals surface area contributed by atoms with E-state index in [9.17, 15) is 8.78 Å². The summed E-state index contributed by atoms with van der Waals surface area (Å²) in [5.41, 5.74) is 4.10. The molecule has 9 heteroatoms. The van der Waals surface area contributed by atoms with Crippen LogP contribution < -0.4 is 10.1 Å². The zero-order valence-electron chi connectivity index (χ0n) is 17.3. The smallest absolute Gasteiger partial charge is 0.247 e. The second kappa shape index (κ2) is 7.77. The monoisotopic (exact) mass is 432 g/mol. The van der Waals surface area contributed by atoms with Crippen molar-refractivity contribution in [2.24, 2.45) is 0 Å². The maximum atomic E-state index is 13.8. The van der Waals surface area contributed by atoms with Crippen LogP contribution in [-0.4, -0.2) is 31.3 Å². The number of hydrogen-bond acceptors (Lipinski definition) is 5. The second-order valence-corrected chi connectivity index (χ2v) is 7.17. The lowest BCUT2D eigenvalue weighted by Gasteiger charge is -2.11. The van der Waals surface area contributed by atoms with E-state index in [1.54, 1.807) is 24.1 Å². The fourth-order valence-corrected chi connectivity index (χ4v) is 3.52. The minimum absolute atomic E-state index is 0.362. The molecule has 0 atom stereocenters. The van der Waals surface area contributed by atoms with Crippen LogP contribution in [0.3, 0.4) is 0 Å². The van der Waals surface area contributed by atoms with Gasteiger partial charge in [0.2, 0.25) is 5.95 Å². The molecule has 0 aliphatic carbocycles. The van der Waals surface area contributed by atoms with Crippen LogP contribution in [0.2, 0.25) is 0 Å². The molecule has 0 fully saturated rings. The highest BCUT2D eigenvalue weighted by molar-refractivity contribution is 5.78. The van der Waals surface area contributed by atoms with Gasteiger partial charge in [0.25, 0.3) is 0 Å². The molecule has 0 saturated heterocycles. The summed E-state index contributed by atoms with van der Waals surface area (Å²) in [6.45, 7) is 1.89. The predicted molar refractivity (Wildman–Crippen MR) is 116 cm³/mol. The van der Waals surface area contributed by atoms with Crippen molar-refractivity contribution >= 4 is 17.3 Å². The number of ether oxygens (including phenoxy) is 1. The second-order valence-electron chi connectivity index (χ2n) is 7.17. The van der Waals surface area contributed by atoms with Gasteiger partial charge in [0, 0.05) is 35.4 Å². The number of nitrogens with one attached hydrogen (secondary N) is 1. The molecular formula is C23H18F2N6O. The normalized spacial score (nSPS) is 11.1. The summed E-state index contributed by atoms with van der Waals surface area (Å²) < 4.78 is 36.2. The van der Waals surface area contributed by atoms with Crippen LogP contribution in [0.5, 0.6) is 5.75 Å². The van der Waals surface area contributed by atoms with Crippen molar-refractivity contribution in [1.29, 1.82) is 0 Å². The first-order valence-corrected chi connectivity index (χ1v) is 9.78. The Kier molecular flexibility index (Phi) is 4.78. The van der Waals surface area contributed by atoms with E-state index in [4.69, 9.17) is 4.74 Å². The Bertz CT molecular complexity index is 1430. The first kappa shape index (κ1) is 19.7. The van der Waals surface area contributed by atoms with Gasteiger partial charge < -0.3 is 14.6 Å². The quantitative estimate of drug-likeness (QED) is 0.427. The molecule has 5 rings (SSSR count). The number of fused-ring (bicyclic) bond motifs is 1. The van der Waals surface area contributed by atoms with Crippen molar-refractivity contribution in [3.8, 4) is 22.6 Å². The van der Waals surface area contributed by atoms with E-state index in [-0.39, 0.29) is 0 Å². The molecule has 32 heavy (non-hydrogen) atoms. The van der Waals surface area contributed by atoms with Gasteiger partial charge in [-0.15, -0.1) is 5.10 Å². The van der Waals surface area contributed by atoms with Crippen LogP contribution in [0.1, 0.15) is 5.69 Å². The average Bonchev–Trinajstić information content (AvgIpc) is 3.47. The van der Waals surface area contributed by atoms with Crippen molar-refractivity contribution in [1.82, 2.24) is 24.1 Å². The van der Waals surface area contributed by atoms with Crippen molar-refractivity contribution in [2.75, 3.05) is 12.4 Å². The lowest BCUT2D eigenvalue weighted by Crippen LogP contribution is -1.99. The number of aromatic nitrogens is 5. The van der Waals surface area contributed by atoms with Gasteiger partial charge in [0.1, 0.15) is 5.75 Å². The van der Waals surface area contributed by atoms with E-state index in [2.05, 4.69) is 20.4 Å². The van der Waals surface area contributed by atoms with E-state index in [1.807, 2.05) is 48.0 Å². The molecule has 1 N–H and O–H groups in total. The largest absolute Gasteiger partial charge is 0.494 e. The van der Waals surface area contributed by atoms with Crippen molar-refractivity contribution in [3.05, 3.63) is 84.6 Å². The molecule has 0 unspecified atom stereocenters. The molecule has 0 spiro atoms. The number of halogens is 2. The standard InChI is InChI=1S/C23H18F2N6O/c1-14-3-6-17(15-4-7-18(24)19(25)11-15)22-28-23(29-31(14)22)27-16-5-8-20(21(12-16)32-2)30-10-9-26-13-30/h3-13H,1-2H3,(H,27,29). The lowest BCUT2D eigenvalue weighted by molar-refractivity contribution is 0.413. The SMILES string of the molecule is COc1cc(Nc2nc3c(-c4ccc(F)c(F)c4)ccc(C)n3n2)ccc1-n1ccnc1. The Morgan fingerprint density at radius 1 is 1.00 bits per heavy atom. The summed E-state index contributed by atoms with van der Waals surface area (Å²) in [6.07, 6.45) is 5.22. The van der Waals surface area contributed by atoms with Crippen molar-refractivity contribution < 1.29 is 13.5 Å². The Balaban J connectivity index is 1.53. The average molecular weight is 432 g/mol. The van der Waals surface area contributed by atoms with Gasteiger partial charge in [-0.3, -0.25) is 0 Å². The fourth-order valence-electron chi connectivity index (χ4n) is 3.52. The Hall–Kier alpha value is -4.27. The molecule has 3 heterocycles. The highest BCUT2D eigenvalue weighted by Gasteiger charge is 2.14. The topological polar surface area (TPSA) is 69.3 Å². The van der Waals surface area contributed by atoms with Crippen molar-refractivity contribution in [3.63, 3.8) is 0 Å². The summed E-state index contributed by atoms with van der Waals surface area (Å²) >= 11 is 0. The van der Waals surface area contributed by atoms with Gasteiger partial charge in [-0.25, -0.2) is 18.3 Å². The number of anilines is 2. The first-order chi connectivity index (χ1) is 15.5. The number of nitrogens with zero attached hydrogens (tertiary/aromatic N) is 5. The molecule has 0 aliphatic rings. The molecule has 0 aliphatic heterocycles. The van der Waals surface area contributed by atoms with Crippen molar-refractivity contribution in [2.45, 2.75) is 6.92 Å². The Morgan fingerprint density at radius 2 is 1.88 bits per heavy atom. The third kappa shape index (κ3) is 3.43. The van der Waals surface area contributed by atoms with E-state index in [0.717, 1.165) is 29.2 Å². The maximum Gasteiger partial charge on any atom is 0.247 e. The van der Waals surface area contributed by atoms with E-state index in [0.29, 0.717) is 28.5 Å². The number of methoxy groups -OCH3 is 1. The van der Waals surface area contributed by atoms with Gasteiger partial charge in [-0.2, -0.15) is 4.98 Å². The molecule has 0 radical (unpaired) electrons. The summed E-state index contributed by atoms with van der Waals surface area (Å²) in [4.78, 5) is 8.66. The molecule has 7 nitrogen and oxygen atoms in total. The van der Waals surface area contributed by atoms with Crippen LogP contribution in [-0.2, 0) is 0 Å². The van der Waals surface area contributed by atoms with E-state index < -0.39 is 11.6 Å². The molecule has 0 bridgehead atoms. The molecule has 0 amide bonds. The van der Waals surface area contributed by atoms with Crippen LogP contribution >= 0.6 is 0 Å². The fraction of sp³-hybridized carbons (Fsp3) is 0.0870. The number of benzene rings is 2. The molecule has 160 valence electrons. The van der Waals surface area contributed by atoms with E-state index >= 15 is 0 Å². The number of rotatable bonds is 5. The van der Waals surface area contributed by atoms with Crippen LogP contribution in [0.15, 0.2) is 67.3 Å². The van der Waals surface area contributed by atoms with E-state index in [1.165, 1.54) is 6.07 Å². The predicted octanol–water partition coefficient (Wildman–Crippen LogP) is 4.92. The summed E-state index contributed by atoms with van der Waals surface area (Å²) in [5.74, 6) is -0.797. The number of aryl methyl sites for hydroxylation is 1. The molecular weight excluding hydrogens is 414 g/mol. The number of pyridine rings is 1. The molecule has 3 aromatic heterocycles. The highest BCUT2D eigenvalue weighted by atomic mass is 19.2. The van der Waals surface area contributed by atoms with Gasteiger partial charge in [0.05, 0.1) is 19.1 Å². The van der Waals surface area contributed by atoms with Gasteiger partial charge in [-0.05, 0) is 48.9 Å². The lowest BCUT2D eigenvalue weighted by atomic mass is 10.1. The zero-order valence-corrected chi connectivity index (χ0v) is 17.3. The minimum Gasteiger partial charge on any atom is -0.494 e. The summed E-state index contributed by atoms with van der Waals surface area (Å²) in [6, 6.07) is 13.1. The van der Waals surface area contributed by atoms with Crippen LogP contribution in [0.25, 0.3) is 22.5 Å². The van der Waals surface area contributed by atoms with Crippen LogP contribution in [0.4, 0.5) is 20.4 Å². The maximum absolute atomic E-state index is 13.8. The van der Waals surface area contributed by atoms with Gasteiger partial charge >= 0.3 is 0 Å². The minimum atomic E-state index is -0.913. The Morgan fingerprint density at radius 3 is 2.62 bits per heavy atom. The third-order valence-electron chi connectivity index (χ3n) is 5.12. The third-order valence-corrected chi connectivity index (χ3v) is 5.12. The first-order valence-electron chi connectivity index (χ1n) is 9.78. The molecule has 0 saturated carbocycles. The Labute approximate surface area is 181 Å². The summed E-state index contributed by atoms with van der Waals surface area (Å²) in [5, 5.41) is 7.72.